The number of rotatable bonds is 2. The van der Waals surface area contributed by atoms with Crippen molar-refractivity contribution in [3.63, 3.8) is 0 Å². The van der Waals surface area contributed by atoms with E-state index in [1.54, 1.807) is 18.2 Å². The van der Waals surface area contributed by atoms with E-state index in [-0.39, 0.29) is 11.7 Å². The average molecular weight is 255 g/mol. The van der Waals surface area contributed by atoms with Crippen molar-refractivity contribution in [3.05, 3.63) is 47.8 Å². The molecule has 96 valence electrons. The van der Waals surface area contributed by atoms with Gasteiger partial charge < -0.3 is 5.32 Å². The van der Waals surface area contributed by atoms with Gasteiger partial charge in [-0.1, -0.05) is 36.1 Å². The molecule has 0 bridgehead atoms. The summed E-state index contributed by atoms with van der Waals surface area (Å²) < 4.78 is 13.6. The van der Waals surface area contributed by atoms with E-state index >= 15 is 0 Å². The zero-order chi connectivity index (χ0) is 13.7. The van der Waals surface area contributed by atoms with Gasteiger partial charge in [-0.15, -0.1) is 0 Å². The molecule has 3 heteroatoms. The normalized spacial score (nSPS) is 9.79. The minimum absolute atomic E-state index is 0.0611. The predicted molar refractivity (Wildman–Crippen MR) is 74.1 cm³/mol. The van der Waals surface area contributed by atoms with Crippen molar-refractivity contribution in [1.29, 1.82) is 0 Å². The Balaban J connectivity index is 2.20. The molecule has 0 atom stereocenters. The van der Waals surface area contributed by atoms with Crippen LogP contribution in [0.5, 0.6) is 0 Å². The van der Waals surface area contributed by atoms with E-state index < -0.39 is 0 Å². The van der Waals surface area contributed by atoms with Crippen molar-refractivity contribution in [2.45, 2.75) is 13.3 Å². The lowest BCUT2D eigenvalue weighted by molar-refractivity contribution is -0.118. The summed E-state index contributed by atoms with van der Waals surface area (Å²) in [6.45, 7) is 2.00. The van der Waals surface area contributed by atoms with Crippen LogP contribution < -0.4 is 5.32 Å². The SMILES string of the molecule is CC(=O)NCCC#Cc1ccc(F)c2ccccc12. The first-order valence-corrected chi connectivity index (χ1v) is 6.09. The third-order valence-electron chi connectivity index (χ3n) is 2.72. The summed E-state index contributed by atoms with van der Waals surface area (Å²) in [4.78, 5) is 10.7. The molecule has 2 aromatic carbocycles. The molecule has 0 saturated carbocycles. The molecular weight excluding hydrogens is 241 g/mol. The highest BCUT2D eigenvalue weighted by atomic mass is 19.1. The number of benzene rings is 2. The van der Waals surface area contributed by atoms with E-state index in [0.717, 1.165) is 10.9 Å². The first-order valence-electron chi connectivity index (χ1n) is 6.09. The Labute approximate surface area is 111 Å². The summed E-state index contributed by atoms with van der Waals surface area (Å²) in [5.41, 5.74) is 0.805. The fraction of sp³-hybridized carbons (Fsp3) is 0.188. The third kappa shape index (κ3) is 3.32. The van der Waals surface area contributed by atoms with Gasteiger partial charge in [-0.05, 0) is 12.1 Å². The molecule has 0 aliphatic rings. The van der Waals surface area contributed by atoms with Crippen LogP contribution in [0, 0.1) is 17.7 Å². The second-order valence-electron chi connectivity index (χ2n) is 4.18. The Hall–Kier alpha value is -2.34. The smallest absolute Gasteiger partial charge is 0.216 e. The Bertz CT molecular complexity index is 667. The maximum Gasteiger partial charge on any atom is 0.216 e. The minimum atomic E-state index is -0.237. The standard InChI is InChI=1S/C16H14FNO/c1-12(19)18-11-5-4-6-13-9-10-16(17)15-8-3-2-7-14(13)15/h2-3,7-10H,5,11H2,1H3,(H,18,19). The molecule has 1 N–H and O–H groups in total. The van der Waals surface area contributed by atoms with Gasteiger partial charge in [0.15, 0.2) is 0 Å². The zero-order valence-corrected chi connectivity index (χ0v) is 10.7. The first-order chi connectivity index (χ1) is 9.18. The van der Waals surface area contributed by atoms with Gasteiger partial charge in [0.25, 0.3) is 0 Å². The van der Waals surface area contributed by atoms with Gasteiger partial charge in [-0.25, -0.2) is 4.39 Å². The summed E-state index contributed by atoms with van der Waals surface area (Å²) >= 11 is 0. The molecule has 2 nitrogen and oxygen atoms in total. The molecule has 0 heterocycles. The lowest BCUT2D eigenvalue weighted by atomic mass is 10.0. The highest BCUT2D eigenvalue weighted by Gasteiger charge is 2.02. The fourth-order valence-electron chi connectivity index (χ4n) is 1.83. The zero-order valence-electron chi connectivity index (χ0n) is 10.7. The molecule has 19 heavy (non-hydrogen) atoms. The lowest BCUT2D eigenvalue weighted by Gasteiger charge is -2.01. The number of nitrogens with one attached hydrogen (secondary N) is 1. The molecule has 0 aliphatic heterocycles. The summed E-state index contributed by atoms with van der Waals surface area (Å²) in [5.74, 6) is 5.70. The van der Waals surface area contributed by atoms with Crippen LogP contribution in [0.2, 0.25) is 0 Å². The predicted octanol–water partition coefficient (Wildman–Crippen LogP) is 2.86. The van der Waals surface area contributed by atoms with Crippen LogP contribution in [0.3, 0.4) is 0 Å². The second kappa shape index (κ2) is 6.01. The number of hydrogen-bond donors (Lipinski definition) is 1. The van der Waals surface area contributed by atoms with Gasteiger partial charge in [0.1, 0.15) is 5.82 Å². The van der Waals surface area contributed by atoms with Gasteiger partial charge in [-0.3, -0.25) is 4.79 Å². The highest BCUT2D eigenvalue weighted by Crippen LogP contribution is 2.20. The van der Waals surface area contributed by atoms with Gasteiger partial charge in [0.05, 0.1) is 0 Å². The summed E-state index contributed by atoms with van der Waals surface area (Å²) in [5, 5.41) is 4.07. The molecule has 1 amide bonds. The van der Waals surface area contributed by atoms with Crippen molar-refractivity contribution in [1.82, 2.24) is 5.32 Å². The van der Waals surface area contributed by atoms with Crippen molar-refractivity contribution >= 4 is 16.7 Å². The van der Waals surface area contributed by atoms with Gasteiger partial charge in [0, 0.05) is 36.2 Å². The van der Waals surface area contributed by atoms with Crippen LogP contribution in [-0.4, -0.2) is 12.5 Å². The molecule has 0 aliphatic carbocycles. The quantitative estimate of drug-likeness (QED) is 0.649. The molecule has 0 saturated heterocycles. The molecule has 0 unspecified atom stereocenters. The van der Waals surface area contributed by atoms with E-state index in [0.29, 0.717) is 18.4 Å². The third-order valence-corrected chi connectivity index (χ3v) is 2.72. The summed E-state index contributed by atoms with van der Waals surface area (Å²) in [6.07, 6.45) is 0.575. The van der Waals surface area contributed by atoms with Gasteiger partial charge >= 0.3 is 0 Å². The number of amides is 1. The van der Waals surface area contributed by atoms with E-state index in [1.807, 2.05) is 12.1 Å². The van der Waals surface area contributed by atoms with Gasteiger partial charge in [0.2, 0.25) is 5.91 Å². The topological polar surface area (TPSA) is 29.1 Å². The van der Waals surface area contributed by atoms with Crippen molar-refractivity contribution < 1.29 is 9.18 Å². The average Bonchev–Trinajstić information content (AvgIpc) is 2.41. The maximum atomic E-state index is 13.6. The number of halogens is 1. The Morgan fingerprint density at radius 1 is 1.21 bits per heavy atom. The van der Waals surface area contributed by atoms with Crippen molar-refractivity contribution in [2.24, 2.45) is 0 Å². The monoisotopic (exact) mass is 255 g/mol. The van der Waals surface area contributed by atoms with Crippen LogP contribution in [-0.2, 0) is 4.79 Å². The van der Waals surface area contributed by atoms with Crippen LogP contribution >= 0.6 is 0 Å². The lowest BCUT2D eigenvalue weighted by Crippen LogP contribution is -2.20. The van der Waals surface area contributed by atoms with Crippen LogP contribution in [0.25, 0.3) is 10.8 Å². The minimum Gasteiger partial charge on any atom is -0.355 e. The highest BCUT2D eigenvalue weighted by molar-refractivity contribution is 5.88. The number of hydrogen-bond acceptors (Lipinski definition) is 1. The molecule has 0 fully saturated rings. The maximum absolute atomic E-state index is 13.6. The van der Waals surface area contributed by atoms with Crippen LogP contribution in [0.4, 0.5) is 4.39 Å². The van der Waals surface area contributed by atoms with Crippen LogP contribution in [0.15, 0.2) is 36.4 Å². The molecule has 0 aromatic heterocycles. The van der Waals surface area contributed by atoms with E-state index in [4.69, 9.17) is 0 Å². The first kappa shape index (κ1) is 13.1. The van der Waals surface area contributed by atoms with E-state index in [1.165, 1.54) is 13.0 Å². The van der Waals surface area contributed by atoms with Crippen molar-refractivity contribution in [3.8, 4) is 11.8 Å². The molecule has 0 radical (unpaired) electrons. The summed E-state index contributed by atoms with van der Waals surface area (Å²) in [6, 6.07) is 10.4. The molecular formula is C16H14FNO. The molecule has 0 spiro atoms. The summed E-state index contributed by atoms with van der Waals surface area (Å²) in [7, 11) is 0. The fourth-order valence-corrected chi connectivity index (χ4v) is 1.83. The Morgan fingerprint density at radius 3 is 2.68 bits per heavy atom. The molecule has 2 aromatic rings. The molecule has 2 rings (SSSR count). The van der Waals surface area contributed by atoms with E-state index in [9.17, 15) is 9.18 Å². The van der Waals surface area contributed by atoms with Crippen LogP contribution in [0.1, 0.15) is 18.9 Å². The number of carbonyl (C=O) groups is 1. The largest absolute Gasteiger partial charge is 0.355 e. The number of carbonyl (C=O) groups excluding carboxylic acids is 1. The van der Waals surface area contributed by atoms with Crippen molar-refractivity contribution in [2.75, 3.05) is 6.54 Å². The van der Waals surface area contributed by atoms with Gasteiger partial charge in [-0.2, -0.15) is 0 Å². The van der Waals surface area contributed by atoms with E-state index in [2.05, 4.69) is 17.2 Å². The number of fused-ring (bicyclic) bond motifs is 1. The Morgan fingerprint density at radius 2 is 1.95 bits per heavy atom. The Kier molecular flexibility index (Phi) is 4.15. The second-order valence-corrected chi connectivity index (χ2v) is 4.18.